The molecular weight excluding hydrogens is 245 g/mol. The number of likely N-dealkylation sites (tertiary alicyclic amines) is 1. The first-order chi connectivity index (χ1) is 10.4. The van der Waals surface area contributed by atoms with Crippen molar-refractivity contribution in [2.75, 3.05) is 26.9 Å². The van der Waals surface area contributed by atoms with Gasteiger partial charge < -0.3 is 9.47 Å². The molecule has 0 N–H and O–H groups in total. The molecule has 2 heterocycles. The van der Waals surface area contributed by atoms with Crippen LogP contribution < -0.4 is 4.74 Å². The lowest BCUT2D eigenvalue weighted by molar-refractivity contribution is -0.0415. The Labute approximate surface area is 117 Å². The third-order valence-electron chi connectivity index (χ3n) is 4.22. The number of benzene rings is 1. The summed E-state index contributed by atoms with van der Waals surface area (Å²) in [6, 6.07) is 4.71. The van der Waals surface area contributed by atoms with Gasteiger partial charge in [-0.3, -0.25) is 4.90 Å². The highest BCUT2D eigenvalue weighted by Gasteiger charge is 2.39. The summed E-state index contributed by atoms with van der Waals surface area (Å²) in [4.78, 5) is 1.97. The molecule has 3 rings (SSSR count). The number of fused-ring (bicyclic) bond motifs is 1. The highest BCUT2D eigenvalue weighted by atomic mass is 19.1. The van der Waals surface area contributed by atoms with E-state index < -0.39 is 7.04 Å². The third kappa shape index (κ3) is 2.60. The maximum absolute atomic E-state index is 13.4. The van der Waals surface area contributed by atoms with Gasteiger partial charge in [-0.2, -0.15) is 0 Å². The molecule has 19 heavy (non-hydrogen) atoms. The van der Waals surface area contributed by atoms with Crippen molar-refractivity contribution >= 4 is 0 Å². The lowest BCUT2D eigenvalue weighted by Gasteiger charge is -2.44. The second-order valence-corrected chi connectivity index (χ2v) is 5.43. The van der Waals surface area contributed by atoms with E-state index in [1.807, 2.05) is 4.90 Å². The fourth-order valence-corrected chi connectivity index (χ4v) is 3.01. The SMILES string of the molecule is [2H]C([2H])([2H])OCN1CCC2(CCc3ccc(F)cc3O2)CC1. The van der Waals surface area contributed by atoms with Crippen LogP contribution >= 0.6 is 0 Å². The quantitative estimate of drug-likeness (QED) is 0.823. The number of piperidine rings is 1. The number of hydrogen-bond acceptors (Lipinski definition) is 3. The van der Waals surface area contributed by atoms with Crippen molar-refractivity contribution in [1.29, 1.82) is 0 Å². The van der Waals surface area contributed by atoms with Gasteiger partial charge in [-0.1, -0.05) is 6.07 Å². The van der Waals surface area contributed by atoms with Crippen LogP contribution in [0.1, 0.15) is 28.9 Å². The van der Waals surface area contributed by atoms with Crippen LogP contribution in [0, 0.1) is 5.82 Å². The Morgan fingerprint density at radius 2 is 2.26 bits per heavy atom. The first-order valence-corrected chi connectivity index (χ1v) is 6.69. The largest absolute Gasteiger partial charge is 0.487 e. The minimum atomic E-state index is -2.35. The average molecular weight is 268 g/mol. The van der Waals surface area contributed by atoms with Gasteiger partial charge in [0.05, 0.1) is 10.8 Å². The first kappa shape index (κ1) is 9.72. The molecule has 3 nitrogen and oxygen atoms in total. The topological polar surface area (TPSA) is 21.7 Å². The Hall–Kier alpha value is -1.13. The molecule has 0 atom stereocenters. The van der Waals surface area contributed by atoms with Gasteiger partial charge in [0, 0.05) is 26.2 Å². The van der Waals surface area contributed by atoms with Crippen LogP contribution in [0.3, 0.4) is 0 Å². The molecule has 0 radical (unpaired) electrons. The minimum Gasteiger partial charge on any atom is -0.487 e. The Bertz CT molecular complexity index is 542. The number of methoxy groups -OCH3 is 1. The zero-order chi connectivity index (χ0) is 15.8. The normalized spacial score (nSPS) is 25.0. The Morgan fingerprint density at radius 3 is 3.05 bits per heavy atom. The first-order valence-electron chi connectivity index (χ1n) is 8.19. The molecule has 4 heteroatoms. The minimum absolute atomic E-state index is 0.109. The van der Waals surface area contributed by atoms with Crippen molar-refractivity contribution in [2.24, 2.45) is 0 Å². The van der Waals surface area contributed by atoms with Gasteiger partial charge >= 0.3 is 0 Å². The van der Waals surface area contributed by atoms with Crippen molar-refractivity contribution < 1.29 is 18.0 Å². The summed E-state index contributed by atoms with van der Waals surface area (Å²) in [7, 11) is -2.35. The molecule has 0 aliphatic carbocycles. The van der Waals surface area contributed by atoms with Gasteiger partial charge in [0.1, 0.15) is 17.2 Å². The molecule has 1 spiro atoms. The van der Waals surface area contributed by atoms with Gasteiger partial charge in [0.25, 0.3) is 0 Å². The lowest BCUT2D eigenvalue weighted by atomic mass is 9.83. The van der Waals surface area contributed by atoms with Gasteiger partial charge in [-0.15, -0.1) is 0 Å². The van der Waals surface area contributed by atoms with E-state index in [-0.39, 0.29) is 18.1 Å². The van der Waals surface area contributed by atoms with Crippen LogP contribution in [-0.2, 0) is 11.2 Å². The van der Waals surface area contributed by atoms with Crippen molar-refractivity contribution in [3.05, 3.63) is 29.6 Å². The van der Waals surface area contributed by atoms with Gasteiger partial charge in [0.2, 0.25) is 0 Å². The van der Waals surface area contributed by atoms with Gasteiger partial charge in [-0.05, 0) is 37.3 Å². The predicted molar refractivity (Wildman–Crippen MR) is 70.8 cm³/mol. The molecular formula is C15H20FNO2. The van der Waals surface area contributed by atoms with E-state index in [2.05, 4.69) is 0 Å². The predicted octanol–water partition coefficient (Wildman–Crippen LogP) is 2.59. The van der Waals surface area contributed by atoms with E-state index in [9.17, 15) is 4.39 Å². The van der Waals surface area contributed by atoms with Crippen molar-refractivity contribution in [2.45, 2.75) is 31.3 Å². The molecule has 1 aromatic rings. The Balaban J connectivity index is 1.59. The third-order valence-corrected chi connectivity index (χ3v) is 4.22. The Morgan fingerprint density at radius 1 is 1.42 bits per heavy atom. The maximum Gasteiger partial charge on any atom is 0.126 e. The van der Waals surface area contributed by atoms with E-state index in [0.717, 1.165) is 44.3 Å². The second-order valence-electron chi connectivity index (χ2n) is 5.43. The summed E-state index contributed by atoms with van der Waals surface area (Å²) < 4.78 is 45.5. The molecule has 1 aromatic carbocycles. The molecule has 104 valence electrons. The van der Waals surface area contributed by atoms with Gasteiger partial charge in [-0.25, -0.2) is 4.39 Å². The summed E-state index contributed by atoms with van der Waals surface area (Å²) in [6.45, 7) is 1.55. The van der Waals surface area contributed by atoms with Crippen LogP contribution in [0.15, 0.2) is 18.2 Å². The summed E-state index contributed by atoms with van der Waals surface area (Å²) in [5.74, 6) is 0.373. The van der Waals surface area contributed by atoms with Crippen LogP contribution in [0.4, 0.5) is 4.39 Å². The highest BCUT2D eigenvalue weighted by Crippen LogP contribution is 2.39. The summed E-state index contributed by atoms with van der Waals surface area (Å²) in [6.07, 6.45) is 3.40. The van der Waals surface area contributed by atoms with E-state index in [0.29, 0.717) is 5.75 Å². The molecule has 0 bridgehead atoms. The molecule has 1 fully saturated rings. The summed E-state index contributed by atoms with van der Waals surface area (Å²) >= 11 is 0. The second kappa shape index (κ2) is 5.10. The van der Waals surface area contributed by atoms with Crippen molar-refractivity contribution in [3.63, 3.8) is 0 Å². The fourth-order valence-electron chi connectivity index (χ4n) is 3.01. The maximum atomic E-state index is 13.4. The number of ether oxygens (including phenoxy) is 2. The Kier molecular flexibility index (Phi) is 2.61. The number of aryl methyl sites for hydroxylation is 1. The monoisotopic (exact) mass is 268 g/mol. The van der Waals surface area contributed by atoms with Crippen molar-refractivity contribution in [1.82, 2.24) is 4.90 Å². The highest BCUT2D eigenvalue weighted by molar-refractivity contribution is 5.36. The van der Waals surface area contributed by atoms with Crippen LogP contribution in [-0.4, -0.2) is 37.4 Å². The summed E-state index contributed by atoms with van der Waals surface area (Å²) in [5.41, 5.74) is 0.803. The van der Waals surface area contributed by atoms with E-state index in [4.69, 9.17) is 13.6 Å². The molecule has 0 amide bonds. The molecule has 2 aliphatic heterocycles. The summed E-state index contributed by atoms with van der Waals surface area (Å²) in [5, 5.41) is 0. The lowest BCUT2D eigenvalue weighted by Crippen LogP contribution is -2.50. The number of rotatable bonds is 2. The molecule has 0 unspecified atom stereocenters. The van der Waals surface area contributed by atoms with Crippen LogP contribution in [0.25, 0.3) is 0 Å². The molecule has 1 saturated heterocycles. The smallest absolute Gasteiger partial charge is 0.126 e. The van der Waals surface area contributed by atoms with Crippen molar-refractivity contribution in [3.8, 4) is 5.75 Å². The van der Waals surface area contributed by atoms with Crippen LogP contribution in [0.2, 0.25) is 0 Å². The standard InChI is InChI=1S/C15H20FNO2/c1-18-11-17-8-6-15(7-9-17)5-4-12-2-3-13(16)10-14(12)19-15/h2-3,10H,4-9,11H2,1H3/i1D3. The molecule has 2 aliphatic rings. The molecule has 0 aromatic heterocycles. The molecule has 0 saturated carbocycles. The van der Waals surface area contributed by atoms with E-state index in [1.54, 1.807) is 6.07 Å². The fraction of sp³-hybridized carbons (Fsp3) is 0.600. The zero-order valence-corrected chi connectivity index (χ0v) is 10.8. The van der Waals surface area contributed by atoms with Gasteiger partial charge in [0.15, 0.2) is 0 Å². The van der Waals surface area contributed by atoms with E-state index >= 15 is 0 Å². The van der Waals surface area contributed by atoms with Crippen LogP contribution in [0.5, 0.6) is 5.75 Å². The zero-order valence-electron chi connectivity index (χ0n) is 13.8. The number of hydrogen-bond donors (Lipinski definition) is 0. The average Bonchev–Trinajstić information content (AvgIpc) is 2.45. The van der Waals surface area contributed by atoms with E-state index in [1.165, 1.54) is 12.1 Å². The number of halogens is 1. The number of nitrogens with zero attached hydrogens (tertiary/aromatic N) is 1.